The molecule has 2 amide bonds. The molecule has 0 saturated carbocycles. The number of halogens is 2. The number of hydrogen-bond acceptors (Lipinski definition) is 5. The van der Waals surface area contributed by atoms with Crippen LogP contribution in [0.1, 0.15) is 43.8 Å². The molecule has 1 atom stereocenters. The van der Waals surface area contributed by atoms with Crippen LogP contribution in [0.3, 0.4) is 0 Å². The number of ether oxygens (including phenoxy) is 2. The smallest absolute Gasteiger partial charge is 0.410 e. The Kier molecular flexibility index (Phi) is 8.45. The summed E-state index contributed by atoms with van der Waals surface area (Å²) in [6.45, 7) is 15.7. The van der Waals surface area contributed by atoms with Gasteiger partial charge in [-0.3, -0.25) is 4.79 Å². The minimum absolute atomic E-state index is 0.0820. The minimum atomic E-state index is -0.679. The lowest BCUT2D eigenvalue weighted by atomic mass is 10.0. The zero-order chi connectivity index (χ0) is 29.2. The van der Waals surface area contributed by atoms with Crippen LogP contribution in [0.15, 0.2) is 42.5 Å². The summed E-state index contributed by atoms with van der Waals surface area (Å²) >= 11 is 1.18. The largest absolute Gasteiger partial charge is 0.494 e. The topological polar surface area (TPSA) is 63.4 Å². The average Bonchev–Trinajstić information content (AvgIpc) is 3.24. The van der Waals surface area contributed by atoms with Crippen LogP contribution >= 0.6 is 11.3 Å². The molecule has 1 fully saturated rings. The van der Waals surface area contributed by atoms with Gasteiger partial charge in [0.1, 0.15) is 11.4 Å². The van der Waals surface area contributed by atoms with Crippen molar-refractivity contribution in [2.75, 3.05) is 26.7 Å². The van der Waals surface area contributed by atoms with Gasteiger partial charge in [0.05, 0.1) is 18.6 Å². The lowest BCUT2D eigenvalue weighted by Crippen LogP contribution is -2.45. The Hall–Kier alpha value is -3.97. The van der Waals surface area contributed by atoms with Crippen molar-refractivity contribution in [2.45, 2.75) is 45.8 Å². The number of amides is 2. The number of rotatable bonds is 4. The number of methoxy groups -OCH3 is 1. The summed E-state index contributed by atoms with van der Waals surface area (Å²) in [5.74, 6) is -1.39. The molecule has 0 bridgehead atoms. The van der Waals surface area contributed by atoms with E-state index in [-0.39, 0.29) is 23.4 Å². The standard InChI is InChI=1S/C30H31F2N3O4S/c1-18-17-34(29(37)39-30(2,3)4)12-7-13-35(18)28(36)26-16-21(19-8-10-24(33-5)22(31)14-19)27(40-26)20-9-11-25(38-6)23(32)15-20/h8-11,14-16,18H,7,12-13,17H2,1-4,6H3. The van der Waals surface area contributed by atoms with Crippen LogP contribution in [0.5, 0.6) is 5.75 Å². The van der Waals surface area contributed by atoms with E-state index in [4.69, 9.17) is 16.0 Å². The quantitative estimate of drug-likeness (QED) is 0.309. The summed E-state index contributed by atoms with van der Waals surface area (Å²) in [6.07, 6.45) is 0.161. The minimum Gasteiger partial charge on any atom is -0.494 e. The van der Waals surface area contributed by atoms with E-state index in [0.29, 0.717) is 52.5 Å². The molecule has 4 rings (SSSR count). The highest BCUT2D eigenvalue weighted by Gasteiger charge is 2.32. The first-order chi connectivity index (χ1) is 18.9. The predicted octanol–water partition coefficient (Wildman–Crippen LogP) is 7.39. The Morgan fingerprint density at radius 3 is 2.38 bits per heavy atom. The number of benzene rings is 2. The third-order valence-electron chi connectivity index (χ3n) is 6.49. The molecule has 1 aliphatic rings. The first-order valence-electron chi connectivity index (χ1n) is 12.9. The van der Waals surface area contributed by atoms with Gasteiger partial charge in [-0.1, -0.05) is 12.1 Å². The van der Waals surface area contributed by atoms with Crippen LogP contribution in [0.25, 0.3) is 26.4 Å². The van der Waals surface area contributed by atoms with E-state index >= 15 is 0 Å². The maximum atomic E-state index is 14.7. The third-order valence-corrected chi connectivity index (χ3v) is 7.66. The molecule has 3 aromatic rings. The Labute approximate surface area is 236 Å². The highest BCUT2D eigenvalue weighted by Crippen LogP contribution is 2.42. The third kappa shape index (κ3) is 6.26. The zero-order valence-electron chi connectivity index (χ0n) is 23.1. The van der Waals surface area contributed by atoms with Gasteiger partial charge in [0.25, 0.3) is 5.91 Å². The van der Waals surface area contributed by atoms with Crippen molar-refractivity contribution in [3.05, 3.63) is 70.4 Å². The fraction of sp³-hybridized carbons (Fsp3) is 0.367. The number of carbonyl (C=O) groups is 2. The molecular weight excluding hydrogens is 536 g/mol. The van der Waals surface area contributed by atoms with Crippen molar-refractivity contribution < 1.29 is 27.8 Å². The van der Waals surface area contributed by atoms with E-state index in [1.807, 2.05) is 27.7 Å². The van der Waals surface area contributed by atoms with Gasteiger partial charge in [-0.2, -0.15) is 0 Å². The summed E-state index contributed by atoms with van der Waals surface area (Å²) in [5, 5.41) is 0. The molecule has 1 saturated heterocycles. The summed E-state index contributed by atoms with van der Waals surface area (Å²) in [5.41, 5.74) is 0.782. The highest BCUT2D eigenvalue weighted by molar-refractivity contribution is 7.18. The molecule has 210 valence electrons. The molecule has 2 heterocycles. The Bertz CT molecular complexity index is 1470. The molecule has 0 aliphatic carbocycles. The Balaban J connectivity index is 1.70. The molecular formula is C30H31F2N3O4S. The van der Waals surface area contributed by atoms with Gasteiger partial charge in [-0.25, -0.2) is 18.4 Å². The number of nitrogens with zero attached hydrogens (tertiary/aromatic N) is 3. The van der Waals surface area contributed by atoms with Gasteiger partial charge in [-0.05, 0) is 75.6 Å². The van der Waals surface area contributed by atoms with Crippen molar-refractivity contribution in [3.63, 3.8) is 0 Å². The first-order valence-corrected chi connectivity index (χ1v) is 13.7. The van der Waals surface area contributed by atoms with Crippen molar-refractivity contribution in [2.24, 2.45) is 0 Å². The monoisotopic (exact) mass is 567 g/mol. The molecule has 1 unspecified atom stereocenters. The van der Waals surface area contributed by atoms with Gasteiger partial charge >= 0.3 is 6.09 Å². The van der Waals surface area contributed by atoms with E-state index in [1.165, 1.54) is 42.7 Å². The first kappa shape index (κ1) is 29.0. The zero-order valence-corrected chi connectivity index (χ0v) is 23.9. The average molecular weight is 568 g/mol. The molecule has 7 nitrogen and oxygen atoms in total. The molecule has 2 aromatic carbocycles. The fourth-order valence-electron chi connectivity index (χ4n) is 4.59. The normalized spacial score (nSPS) is 15.8. The number of carbonyl (C=O) groups excluding carboxylic acids is 2. The van der Waals surface area contributed by atoms with Gasteiger partial charge in [-0.15, -0.1) is 11.3 Å². The van der Waals surface area contributed by atoms with E-state index in [2.05, 4.69) is 4.85 Å². The van der Waals surface area contributed by atoms with Gasteiger partial charge in [0.2, 0.25) is 5.69 Å². The molecule has 0 spiro atoms. The van der Waals surface area contributed by atoms with E-state index in [9.17, 15) is 18.4 Å². The van der Waals surface area contributed by atoms with Crippen LogP contribution < -0.4 is 4.74 Å². The van der Waals surface area contributed by atoms with Crippen LogP contribution in [-0.2, 0) is 4.74 Å². The summed E-state index contributed by atoms with van der Waals surface area (Å²) < 4.78 is 39.8. The van der Waals surface area contributed by atoms with Crippen molar-refractivity contribution in [1.29, 1.82) is 0 Å². The van der Waals surface area contributed by atoms with Crippen molar-refractivity contribution in [1.82, 2.24) is 9.80 Å². The molecule has 1 aromatic heterocycles. The second-order valence-corrected chi connectivity index (χ2v) is 11.7. The van der Waals surface area contributed by atoms with E-state index < -0.39 is 23.3 Å². The maximum absolute atomic E-state index is 14.7. The summed E-state index contributed by atoms with van der Waals surface area (Å²) in [7, 11) is 1.37. The molecule has 10 heteroatoms. The van der Waals surface area contributed by atoms with Crippen molar-refractivity contribution >= 4 is 29.0 Å². The molecule has 40 heavy (non-hydrogen) atoms. The van der Waals surface area contributed by atoms with Crippen LogP contribution in [-0.4, -0.2) is 60.2 Å². The molecule has 0 N–H and O–H groups in total. The number of thiophene rings is 1. The molecule has 1 aliphatic heterocycles. The van der Waals surface area contributed by atoms with Crippen LogP contribution in [0.2, 0.25) is 0 Å². The second kappa shape index (κ2) is 11.6. The van der Waals surface area contributed by atoms with Gasteiger partial charge in [0.15, 0.2) is 11.6 Å². The Morgan fingerprint density at radius 2 is 1.75 bits per heavy atom. The second-order valence-electron chi connectivity index (χ2n) is 10.6. The fourth-order valence-corrected chi connectivity index (χ4v) is 5.73. The lowest BCUT2D eigenvalue weighted by Gasteiger charge is -2.30. The van der Waals surface area contributed by atoms with Crippen molar-refractivity contribution in [3.8, 4) is 27.3 Å². The highest BCUT2D eigenvalue weighted by atomic mass is 32.1. The lowest BCUT2D eigenvalue weighted by molar-refractivity contribution is 0.0232. The van der Waals surface area contributed by atoms with E-state index in [1.54, 1.807) is 28.0 Å². The van der Waals surface area contributed by atoms with Gasteiger partial charge < -0.3 is 19.3 Å². The van der Waals surface area contributed by atoms with E-state index in [0.717, 1.165) is 0 Å². The molecule has 0 radical (unpaired) electrons. The van der Waals surface area contributed by atoms with Crippen LogP contribution in [0.4, 0.5) is 19.3 Å². The Morgan fingerprint density at radius 1 is 1.05 bits per heavy atom. The summed E-state index contributed by atoms with van der Waals surface area (Å²) in [6, 6.07) is 10.1. The van der Waals surface area contributed by atoms with Crippen LogP contribution in [0, 0.1) is 18.2 Å². The predicted molar refractivity (Wildman–Crippen MR) is 151 cm³/mol. The maximum Gasteiger partial charge on any atom is 0.410 e. The summed E-state index contributed by atoms with van der Waals surface area (Å²) in [4.78, 5) is 34.0. The van der Waals surface area contributed by atoms with Gasteiger partial charge in [0, 0.05) is 36.1 Å². The number of hydrogen-bond donors (Lipinski definition) is 0. The SMILES string of the molecule is [C-]#[N+]c1ccc(-c2cc(C(=O)N3CCCN(C(=O)OC(C)(C)C)CC3C)sc2-c2ccc(OC)c(F)c2)cc1F.